The van der Waals surface area contributed by atoms with Gasteiger partial charge in [-0.2, -0.15) is 0 Å². The molecule has 4 nitrogen and oxygen atoms in total. The average molecular weight is 436 g/mol. The number of amides is 1. The van der Waals surface area contributed by atoms with Crippen molar-refractivity contribution in [3.8, 4) is 10.4 Å². The van der Waals surface area contributed by atoms with E-state index < -0.39 is 9.84 Å². The third-order valence-corrected chi connectivity index (χ3v) is 8.10. The molecule has 4 rings (SSSR count). The Balaban J connectivity index is 1.70. The fourth-order valence-corrected chi connectivity index (χ4v) is 6.56. The van der Waals surface area contributed by atoms with E-state index in [1.807, 2.05) is 30.5 Å². The van der Waals surface area contributed by atoms with Crippen LogP contribution in [0.4, 0.5) is 5.69 Å². The molecule has 0 atom stereocenters. The Morgan fingerprint density at radius 2 is 2.00 bits per heavy atom. The van der Waals surface area contributed by atoms with Crippen LogP contribution in [0.5, 0.6) is 0 Å². The van der Waals surface area contributed by atoms with E-state index in [-0.39, 0.29) is 16.6 Å². The summed E-state index contributed by atoms with van der Waals surface area (Å²) in [6.07, 6.45) is 1.97. The van der Waals surface area contributed by atoms with Crippen molar-refractivity contribution < 1.29 is 13.2 Å². The molecule has 0 saturated heterocycles. The lowest BCUT2D eigenvalue weighted by molar-refractivity contribution is 0.103. The number of halogens is 1. The molecule has 1 N–H and O–H groups in total. The molecule has 0 bridgehead atoms. The van der Waals surface area contributed by atoms with Gasteiger partial charge in [0.05, 0.1) is 15.5 Å². The number of thiophene rings is 1. The fourth-order valence-electron chi connectivity index (χ4n) is 2.99. The molecule has 8 heteroatoms. The van der Waals surface area contributed by atoms with Crippen molar-refractivity contribution in [3.05, 3.63) is 64.0 Å². The number of rotatable bonds is 3. The summed E-state index contributed by atoms with van der Waals surface area (Å²) in [5.74, 6) is -0.373. The normalized spacial score (nSPS) is 14.3. The number of benzene rings is 2. The Labute approximate surface area is 170 Å². The largest absolute Gasteiger partial charge is 0.321 e. The molecule has 1 aliphatic heterocycles. The van der Waals surface area contributed by atoms with Crippen LogP contribution in [-0.4, -0.2) is 20.6 Å². The standard InChI is InChI=1S/C19H14ClNO3S3/c1-25-14-4-2-3-13(9-14)21-19(22)16-7-11-10-27(23,24)17-8-12(20)5-6-15(17)18(11)26-16/h2-9H,10H2,1H3,(H,21,22). The highest BCUT2D eigenvalue weighted by Crippen LogP contribution is 2.43. The summed E-state index contributed by atoms with van der Waals surface area (Å²) in [7, 11) is -3.47. The molecule has 0 unspecified atom stereocenters. The number of hydrogen-bond acceptors (Lipinski definition) is 5. The average Bonchev–Trinajstić information content (AvgIpc) is 3.05. The van der Waals surface area contributed by atoms with E-state index in [0.717, 1.165) is 9.77 Å². The van der Waals surface area contributed by atoms with Crippen LogP contribution < -0.4 is 5.32 Å². The predicted molar refractivity (Wildman–Crippen MR) is 112 cm³/mol. The second-order valence-electron chi connectivity index (χ2n) is 6.05. The molecular weight excluding hydrogens is 422 g/mol. The van der Waals surface area contributed by atoms with E-state index in [1.54, 1.807) is 30.0 Å². The summed E-state index contributed by atoms with van der Waals surface area (Å²) < 4.78 is 25.1. The van der Waals surface area contributed by atoms with E-state index in [2.05, 4.69) is 5.32 Å². The highest BCUT2D eigenvalue weighted by molar-refractivity contribution is 7.98. The number of carbonyl (C=O) groups is 1. The number of sulfone groups is 1. The maximum atomic E-state index is 12.7. The van der Waals surface area contributed by atoms with Crippen molar-refractivity contribution in [2.45, 2.75) is 15.5 Å². The topological polar surface area (TPSA) is 63.2 Å². The second kappa shape index (κ2) is 6.98. The lowest BCUT2D eigenvalue weighted by Gasteiger charge is -2.16. The SMILES string of the molecule is CSc1cccc(NC(=O)c2cc3c(s2)-c2ccc(Cl)cc2S(=O)(=O)C3)c1. The Morgan fingerprint density at radius 3 is 2.78 bits per heavy atom. The first-order valence-electron chi connectivity index (χ1n) is 7.98. The molecule has 0 spiro atoms. The fraction of sp³-hybridized carbons (Fsp3) is 0.105. The number of nitrogens with one attached hydrogen (secondary N) is 1. The van der Waals surface area contributed by atoms with Gasteiger partial charge in [-0.15, -0.1) is 23.1 Å². The summed E-state index contributed by atoms with van der Waals surface area (Å²) >= 11 is 8.87. The van der Waals surface area contributed by atoms with E-state index in [9.17, 15) is 13.2 Å². The summed E-state index contributed by atoms with van der Waals surface area (Å²) in [6.45, 7) is 0. The first kappa shape index (κ1) is 18.6. The van der Waals surface area contributed by atoms with Gasteiger partial charge >= 0.3 is 0 Å². The van der Waals surface area contributed by atoms with E-state index in [1.165, 1.54) is 17.4 Å². The quantitative estimate of drug-likeness (QED) is 0.565. The number of anilines is 1. The predicted octanol–water partition coefficient (Wildman–Crippen LogP) is 5.33. The van der Waals surface area contributed by atoms with Gasteiger partial charge in [-0.25, -0.2) is 8.42 Å². The Kier molecular flexibility index (Phi) is 4.80. The van der Waals surface area contributed by atoms with Crippen LogP contribution in [0.25, 0.3) is 10.4 Å². The molecule has 3 aromatic rings. The summed E-state index contributed by atoms with van der Waals surface area (Å²) in [6, 6.07) is 14.1. The van der Waals surface area contributed by atoms with Crippen LogP contribution in [0.3, 0.4) is 0 Å². The zero-order valence-corrected chi connectivity index (χ0v) is 17.4. The Bertz CT molecular complexity index is 1170. The minimum atomic E-state index is -3.47. The van der Waals surface area contributed by atoms with Gasteiger partial charge in [-0.3, -0.25) is 4.79 Å². The number of fused-ring (bicyclic) bond motifs is 3. The molecule has 0 saturated carbocycles. The Hall–Kier alpha value is -1.80. The number of thioether (sulfide) groups is 1. The second-order valence-corrected chi connectivity index (χ2v) is 10.4. The summed E-state index contributed by atoms with van der Waals surface area (Å²) in [5.41, 5.74) is 1.96. The molecule has 2 heterocycles. The monoisotopic (exact) mass is 435 g/mol. The van der Waals surface area contributed by atoms with Gasteiger partial charge in [0.2, 0.25) is 0 Å². The minimum absolute atomic E-state index is 0.124. The van der Waals surface area contributed by atoms with Crippen LogP contribution >= 0.6 is 34.7 Å². The lowest BCUT2D eigenvalue weighted by atomic mass is 10.1. The molecule has 0 radical (unpaired) electrons. The van der Waals surface area contributed by atoms with Gasteiger partial charge in [0, 0.05) is 26.0 Å². The number of hydrogen-bond donors (Lipinski definition) is 1. The first-order chi connectivity index (χ1) is 12.9. The molecule has 138 valence electrons. The van der Waals surface area contributed by atoms with Crippen molar-refractivity contribution in [2.24, 2.45) is 0 Å². The van der Waals surface area contributed by atoms with Gasteiger partial charge in [-0.1, -0.05) is 23.7 Å². The third kappa shape index (κ3) is 3.52. The number of carbonyl (C=O) groups excluding carboxylic acids is 1. The van der Waals surface area contributed by atoms with Crippen molar-refractivity contribution >= 4 is 56.1 Å². The van der Waals surface area contributed by atoms with Crippen molar-refractivity contribution in [1.29, 1.82) is 0 Å². The molecule has 1 amide bonds. The van der Waals surface area contributed by atoms with Crippen LogP contribution in [0.1, 0.15) is 15.2 Å². The maximum Gasteiger partial charge on any atom is 0.265 e. The van der Waals surface area contributed by atoms with Gasteiger partial charge in [-0.05, 0) is 48.2 Å². The highest BCUT2D eigenvalue weighted by atomic mass is 35.5. The minimum Gasteiger partial charge on any atom is -0.321 e. The van der Waals surface area contributed by atoms with Crippen LogP contribution in [0.15, 0.2) is 58.3 Å². The summed E-state index contributed by atoms with van der Waals surface area (Å²) in [5, 5.41) is 3.26. The zero-order chi connectivity index (χ0) is 19.2. The first-order valence-corrected chi connectivity index (χ1v) is 12.1. The molecule has 1 aromatic heterocycles. The highest BCUT2D eigenvalue weighted by Gasteiger charge is 2.31. The van der Waals surface area contributed by atoms with Crippen LogP contribution in [-0.2, 0) is 15.6 Å². The van der Waals surface area contributed by atoms with Gasteiger partial charge < -0.3 is 5.32 Å². The summed E-state index contributed by atoms with van der Waals surface area (Å²) in [4.78, 5) is 15.2. The van der Waals surface area contributed by atoms with Gasteiger partial charge in [0.1, 0.15) is 0 Å². The molecule has 27 heavy (non-hydrogen) atoms. The van der Waals surface area contributed by atoms with Crippen LogP contribution in [0.2, 0.25) is 5.02 Å². The maximum absolute atomic E-state index is 12.7. The van der Waals surface area contributed by atoms with Crippen molar-refractivity contribution in [1.82, 2.24) is 0 Å². The van der Waals surface area contributed by atoms with Gasteiger partial charge in [0.25, 0.3) is 5.91 Å². The molecule has 2 aromatic carbocycles. The van der Waals surface area contributed by atoms with Crippen molar-refractivity contribution in [3.63, 3.8) is 0 Å². The zero-order valence-electron chi connectivity index (χ0n) is 14.2. The molecular formula is C19H14ClNO3S3. The molecule has 0 aliphatic carbocycles. The smallest absolute Gasteiger partial charge is 0.265 e. The van der Waals surface area contributed by atoms with Crippen LogP contribution in [0, 0.1) is 0 Å². The van der Waals surface area contributed by atoms with E-state index in [4.69, 9.17) is 11.6 Å². The Morgan fingerprint density at radius 1 is 1.19 bits per heavy atom. The van der Waals surface area contributed by atoms with Crippen molar-refractivity contribution in [2.75, 3.05) is 11.6 Å². The third-order valence-electron chi connectivity index (χ3n) is 4.23. The molecule has 0 fully saturated rings. The lowest BCUT2D eigenvalue weighted by Crippen LogP contribution is -2.11. The van der Waals surface area contributed by atoms with E-state index >= 15 is 0 Å². The van der Waals surface area contributed by atoms with Gasteiger partial charge in [0.15, 0.2) is 9.84 Å². The molecule has 1 aliphatic rings. The van der Waals surface area contributed by atoms with E-state index in [0.29, 0.717) is 26.7 Å².